The summed E-state index contributed by atoms with van der Waals surface area (Å²) in [6, 6.07) is 9.94. The highest BCUT2D eigenvalue weighted by atomic mass is 16.2. The van der Waals surface area contributed by atoms with E-state index < -0.39 is 0 Å². The van der Waals surface area contributed by atoms with Crippen molar-refractivity contribution in [3.63, 3.8) is 0 Å². The molecule has 0 spiro atoms. The molecule has 5 rings (SSSR count). The van der Waals surface area contributed by atoms with Gasteiger partial charge in [0.15, 0.2) is 0 Å². The monoisotopic (exact) mass is 350 g/mol. The Morgan fingerprint density at radius 2 is 1.85 bits per heavy atom. The van der Waals surface area contributed by atoms with E-state index in [1.807, 2.05) is 19.4 Å². The van der Waals surface area contributed by atoms with Crippen LogP contribution in [0.1, 0.15) is 48.7 Å². The number of carbonyl (C=O) groups excluding carboxylic acids is 1. The number of hydrogen-bond donors (Lipinski definition) is 1. The van der Waals surface area contributed by atoms with Gasteiger partial charge in [0.2, 0.25) is 5.91 Å². The number of aromatic nitrogens is 2. The van der Waals surface area contributed by atoms with Crippen LogP contribution in [0.3, 0.4) is 0 Å². The molecular formula is C21H26N4O. The first kappa shape index (κ1) is 16.1. The lowest BCUT2D eigenvalue weighted by atomic mass is 9.93. The Kier molecular flexibility index (Phi) is 3.85. The molecule has 3 aliphatic rings. The minimum atomic E-state index is 0.0486. The molecule has 0 radical (unpaired) electrons. The van der Waals surface area contributed by atoms with Crippen LogP contribution in [-0.4, -0.2) is 38.5 Å². The van der Waals surface area contributed by atoms with Crippen LogP contribution in [0.25, 0.3) is 0 Å². The Morgan fingerprint density at radius 3 is 2.46 bits per heavy atom. The number of piperidine rings is 1. The molecule has 2 fully saturated rings. The van der Waals surface area contributed by atoms with Crippen molar-refractivity contribution in [3.05, 3.63) is 53.6 Å². The molecule has 2 aromatic rings. The van der Waals surface area contributed by atoms with Crippen LogP contribution in [0, 0.1) is 0 Å². The average molecular weight is 350 g/mol. The molecule has 0 unspecified atom stereocenters. The predicted octanol–water partition coefficient (Wildman–Crippen LogP) is 2.37. The van der Waals surface area contributed by atoms with E-state index in [0.29, 0.717) is 24.4 Å². The van der Waals surface area contributed by atoms with Crippen LogP contribution >= 0.6 is 0 Å². The summed E-state index contributed by atoms with van der Waals surface area (Å²) in [5.74, 6) is 1.31. The molecule has 2 atom stereocenters. The van der Waals surface area contributed by atoms with Gasteiger partial charge in [0, 0.05) is 44.0 Å². The van der Waals surface area contributed by atoms with Gasteiger partial charge in [0.25, 0.3) is 0 Å². The number of nitrogens with zero attached hydrogens (tertiary/aromatic N) is 3. The van der Waals surface area contributed by atoms with Crippen LogP contribution in [-0.2, 0) is 24.7 Å². The lowest BCUT2D eigenvalue weighted by Gasteiger charge is -2.42. The number of imidazole rings is 1. The lowest BCUT2D eigenvalue weighted by Crippen LogP contribution is -2.54. The molecule has 1 aliphatic heterocycles. The highest BCUT2D eigenvalue weighted by Crippen LogP contribution is 2.40. The fourth-order valence-corrected chi connectivity index (χ4v) is 4.82. The molecule has 1 aromatic carbocycles. The maximum atomic E-state index is 12.7. The molecule has 1 N–H and O–H groups in total. The highest BCUT2D eigenvalue weighted by molar-refractivity contribution is 5.78. The van der Waals surface area contributed by atoms with Crippen molar-refractivity contribution in [2.24, 2.45) is 7.05 Å². The Bertz CT molecular complexity index is 800. The predicted molar refractivity (Wildman–Crippen MR) is 99.6 cm³/mol. The third-order valence-electron chi connectivity index (χ3n) is 6.20. The van der Waals surface area contributed by atoms with E-state index in [1.54, 1.807) is 0 Å². The maximum Gasteiger partial charge on any atom is 0.223 e. The number of fused-ring (bicyclic) bond motifs is 1. The number of benzene rings is 1. The standard InChI is InChI=1S/C21H26N4O/c1-24-11-10-22-21(24)20-18(8-9-19(26)25(20)17-6-7-17)23-16-12-14-4-2-3-5-15(14)13-16/h2-5,10-11,16-18,20,23H,6-9,12-13H2,1H3/t18-,20-/m1/s1. The topological polar surface area (TPSA) is 50.2 Å². The van der Waals surface area contributed by atoms with Crippen molar-refractivity contribution in [3.8, 4) is 0 Å². The van der Waals surface area contributed by atoms with Gasteiger partial charge in [-0.25, -0.2) is 4.98 Å². The fraction of sp³-hybridized carbons (Fsp3) is 0.524. The zero-order valence-corrected chi connectivity index (χ0v) is 15.3. The van der Waals surface area contributed by atoms with Gasteiger partial charge in [0.05, 0.1) is 0 Å². The largest absolute Gasteiger partial charge is 0.336 e. The Morgan fingerprint density at radius 1 is 1.12 bits per heavy atom. The van der Waals surface area contributed by atoms with Crippen molar-refractivity contribution >= 4 is 5.91 Å². The molecule has 5 heteroatoms. The summed E-state index contributed by atoms with van der Waals surface area (Å²) in [4.78, 5) is 19.5. The third kappa shape index (κ3) is 2.75. The van der Waals surface area contributed by atoms with Gasteiger partial charge >= 0.3 is 0 Å². The second kappa shape index (κ2) is 6.23. The van der Waals surface area contributed by atoms with Gasteiger partial charge in [0.1, 0.15) is 11.9 Å². The van der Waals surface area contributed by atoms with Crippen molar-refractivity contribution < 1.29 is 4.79 Å². The van der Waals surface area contributed by atoms with Gasteiger partial charge in [-0.05, 0) is 43.2 Å². The quantitative estimate of drug-likeness (QED) is 0.921. The third-order valence-corrected chi connectivity index (χ3v) is 6.20. The Labute approximate surface area is 154 Å². The van der Waals surface area contributed by atoms with Crippen LogP contribution in [0.15, 0.2) is 36.7 Å². The van der Waals surface area contributed by atoms with Crippen LogP contribution in [0.4, 0.5) is 0 Å². The number of likely N-dealkylation sites (tertiary alicyclic amines) is 1. The fourth-order valence-electron chi connectivity index (χ4n) is 4.82. The molecule has 0 bridgehead atoms. The van der Waals surface area contributed by atoms with E-state index in [0.717, 1.165) is 37.9 Å². The van der Waals surface area contributed by atoms with E-state index in [4.69, 9.17) is 0 Å². The SMILES string of the molecule is Cn1ccnc1[C@H]1[C@H](NC2Cc3ccccc3C2)CCC(=O)N1C1CC1. The summed E-state index contributed by atoms with van der Waals surface area (Å²) in [6.07, 6.45) is 9.81. The Hall–Kier alpha value is -2.14. The molecule has 1 saturated carbocycles. The summed E-state index contributed by atoms with van der Waals surface area (Å²) in [5.41, 5.74) is 2.92. The van der Waals surface area contributed by atoms with E-state index >= 15 is 0 Å². The zero-order chi connectivity index (χ0) is 17.7. The molecule has 136 valence electrons. The van der Waals surface area contributed by atoms with Crippen LogP contribution in [0.2, 0.25) is 0 Å². The molecule has 2 heterocycles. The zero-order valence-electron chi connectivity index (χ0n) is 15.3. The molecule has 5 nitrogen and oxygen atoms in total. The van der Waals surface area contributed by atoms with Crippen molar-refractivity contribution in [1.29, 1.82) is 0 Å². The smallest absolute Gasteiger partial charge is 0.223 e. The minimum Gasteiger partial charge on any atom is -0.336 e. The van der Waals surface area contributed by atoms with E-state index in [1.165, 1.54) is 11.1 Å². The first-order valence-electron chi connectivity index (χ1n) is 9.82. The number of rotatable bonds is 4. The van der Waals surface area contributed by atoms with Crippen molar-refractivity contribution in [2.75, 3.05) is 0 Å². The number of carbonyl (C=O) groups is 1. The first-order valence-corrected chi connectivity index (χ1v) is 9.82. The van der Waals surface area contributed by atoms with E-state index in [9.17, 15) is 4.79 Å². The van der Waals surface area contributed by atoms with E-state index in [-0.39, 0.29) is 12.1 Å². The molecule has 1 aromatic heterocycles. The second-order valence-corrected chi connectivity index (χ2v) is 8.06. The molecule has 1 amide bonds. The van der Waals surface area contributed by atoms with Gasteiger partial charge in [-0.1, -0.05) is 24.3 Å². The summed E-state index contributed by atoms with van der Waals surface area (Å²) < 4.78 is 2.08. The normalized spacial score (nSPS) is 26.3. The number of amides is 1. The van der Waals surface area contributed by atoms with Crippen LogP contribution in [0.5, 0.6) is 0 Å². The molecule has 1 saturated heterocycles. The summed E-state index contributed by atoms with van der Waals surface area (Å²) in [6.45, 7) is 0. The lowest BCUT2D eigenvalue weighted by molar-refractivity contribution is -0.139. The molecule has 26 heavy (non-hydrogen) atoms. The van der Waals surface area contributed by atoms with Crippen molar-refractivity contribution in [2.45, 2.75) is 62.7 Å². The van der Waals surface area contributed by atoms with Crippen LogP contribution < -0.4 is 5.32 Å². The van der Waals surface area contributed by atoms with Gasteiger partial charge in [-0.15, -0.1) is 0 Å². The Balaban J connectivity index is 1.41. The molecule has 2 aliphatic carbocycles. The molecular weight excluding hydrogens is 324 g/mol. The number of nitrogens with one attached hydrogen (secondary N) is 1. The summed E-state index contributed by atoms with van der Waals surface area (Å²) >= 11 is 0. The average Bonchev–Trinajstić information content (AvgIpc) is 3.25. The minimum absolute atomic E-state index is 0.0486. The first-order chi connectivity index (χ1) is 12.7. The van der Waals surface area contributed by atoms with Gasteiger partial charge < -0.3 is 14.8 Å². The number of hydrogen-bond acceptors (Lipinski definition) is 3. The van der Waals surface area contributed by atoms with Crippen molar-refractivity contribution in [1.82, 2.24) is 19.8 Å². The van der Waals surface area contributed by atoms with E-state index in [2.05, 4.69) is 44.0 Å². The maximum absolute atomic E-state index is 12.7. The number of aryl methyl sites for hydroxylation is 1. The second-order valence-electron chi connectivity index (χ2n) is 8.06. The summed E-state index contributed by atoms with van der Waals surface area (Å²) in [7, 11) is 2.04. The highest BCUT2D eigenvalue weighted by Gasteiger charge is 2.46. The van der Waals surface area contributed by atoms with Gasteiger partial charge in [-0.3, -0.25) is 4.79 Å². The van der Waals surface area contributed by atoms with Gasteiger partial charge in [-0.2, -0.15) is 0 Å². The summed E-state index contributed by atoms with van der Waals surface area (Å²) in [5, 5.41) is 3.92.